The lowest BCUT2D eigenvalue weighted by Gasteiger charge is -2.42. The van der Waals surface area contributed by atoms with Gasteiger partial charge in [0.15, 0.2) is 0 Å². The number of likely N-dealkylation sites (tertiary alicyclic amines) is 1. The topological polar surface area (TPSA) is 98.5 Å². The lowest BCUT2D eigenvalue weighted by atomic mass is 9.66. The Morgan fingerprint density at radius 1 is 1.18 bits per heavy atom. The Morgan fingerprint density at radius 2 is 1.97 bits per heavy atom. The summed E-state index contributed by atoms with van der Waals surface area (Å²) in [6.07, 6.45) is 7.42. The maximum atomic E-state index is 12.7. The minimum absolute atomic E-state index is 0.0168. The van der Waals surface area contributed by atoms with E-state index < -0.39 is 5.60 Å². The van der Waals surface area contributed by atoms with Crippen LogP contribution in [0.3, 0.4) is 0 Å². The van der Waals surface area contributed by atoms with Crippen LogP contribution in [0.4, 0.5) is 22.2 Å². The summed E-state index contributed by atoms with van der Waals surface area (Å²) in [5.74, 6) is 2.66. The molecule has 176 valence electrons. The van der Waals surface area contributed by atoms with Crippen LogP contribution in [0.1, 0.15) is 57.6 Å². The van der Waals surface area contributed by atoms with Crippen LogP contribution in [0.25, 0.3) is 0 Å². The molecule has 2 unspecified atom stereocenters. The fourth-order valence-corrected chi connectivity index (χ4v) is 6.03. The maximum absolute atomic E-state index is 12.7. The van der Waals surface area contributed by atoms with Crippen LogP contribution in [-0.4, -0.2) is 63.3 Å². The van der Waals surface area contributed by atoms with Crippen molar-refractivity contribution in [3.8, 4) is 6.07 Å². The molecule has 1 amide bonds. The molecule has 2 atom stereocenters. The Bertz CT molecular complexity index is 1200. The summed E-state index contributed by atoms with van der Waals surface area (Å²) in [5.41, 5.74) is 1.32. The van der Waals surface area contributed by atoms with Gasteiger partial charge in [0.1, 0.15) is 29.4 Å². The van der Waals surface area contributed by atoms with Crippen LogP contribution >= 0.6 is 0 Å². The number of nitriles is 1. The number of rotatable bonds is 2. The first kappa shape index (κ1) is 21.1. The molecule has 1 spiro atoms. The summed E-state index contributed by atoms with van der Waals surface area (Å²) in [6, 6.07) is 6.13. The van der Waals surface area contributed by atoms with Gasteiger partial charge in [-0.3, -0.25) is 0 Å². The fraction of sp³-hybridized carbons (Fsp3) is 0.560. The zero-order valence-corrected chi connectivity index (χ0v) is 19.9. The van der Waals surface area contributed by atoms with E-state index in [4.69, 9.17) is 14.7 Å². The van der Waals surface area contributed by atoms with Gasteiger partial charge in [0, 0.05) is 36.8 Å². The second-order valence-electron chi connectivity index (χ2n) is 11.0. The molecular weight excluding hydrogens is 430 g/mol. The summed E-state index contributed by atoms with van der Waals surface area (Å²) in [7, 11) is 0. The molecule has 34 heavy (non-hydrogen) atoms. The average Bonchev–Trinajstić information content (AvgIpc) is 3.48. The summed E-state index contributed by atoms with van der Waals surface area (Å²) < 4.78 is 5.64. The first-order valence-corrected chi connectivity index (χ1v) is 12.0. The molecule has 3 aliphatic heterocycles. The number of amides is 1. The molecule has 2 saturated heterocycles. The zero-order chi connectivity index (χ0) is 23.7. The summed E-state index contributed by atoms with van der Waals surface area (Å²) in [6.45, 7) is 7.93. The number of ether oxygens (including phenoxy) is 1. The van der Waals surface area contributed by atoms with Crippen molar-refractivity contribution in [1.82, 2.24) is 19.9 Å². The monoisotopic (exact) mass is 459 g/mol. The van der Waals surface area contributed by atoms with Crippen molar-refractivity contribution in [2.45, 2.75) is 69.6 Å². The molecule has 6 rings (SSSR count). The van der Waals surface area contributed by atoms with Crippen molar-refractivity contribution in [3.63, 3.8) is 0 Å². The van der Waals surface area contributed by atoms with Gasteiger partial charge in [-0.25, -0.2) is 19.7 Å². The van der Waals surface area contributed by atoms with Crippen molar-refractivity contribution in [3.05, 3.63) is 35.8 Å². The molecule has 0 aromatic carbocycles. The average molecular weight is 460 g/mol. The molecule has 1 aliphatic carbocycles. The van der Waals surface area contributed by atoms with Crippen LogP contribution in [0.5, 0.6) is 0 Å². The van der Waals surface area contributed by atoms with Crippen LogP contribution < -0.4 is 9.80 Å². The molecule has 0 N–H and O–H groups in total. The highest BCUT2D eigenvalue weighted by atomic mass is 16.6. The standard InChI is InChI=1S/C25H29N7O2/c1-24(2,3)34-23(33)31-13-17-10-18(31)12-30(17)21-20-22(29-15-28-21)32(14-25(20)6-4-7-25)19-9-16(11-26)5-8-27-19/h5,8-9,15,17-18H,4,6-7,10,12-14H2,1-3H3. The first-order valence-electron chi connectivity index (χ1n) is 12.0. The molecule has 2 bridgehead atoms. The quantitative estimate of drug-likeness (QED) is 0.673. The van der Waals surface area contributed by atoms with Gasteiger partial charge in [0.05, 0.1) is 23.7 Å². The number of carbonyl (C=O) groups is 1. The first-order chi connectivity index (χ1) is 16.3. The van der Waals surface area contributed by atoms with E-state index in [0.29, 0.717) is 12.1 Å². The van der Waals surface area contributed by atoms with Crippen LogP contribution in [0, 0.1) is 11.3 Å². The van der Waals surface area contributed by atoms with Crippen molar-refractivity contribution in [1.29, 1.82) is 5.26 Å². The third kappa shape index (κ3) is 3.19. The molecular formula is C25H29N7O2. The molecule has 9 nitrogen and oxygen atoms in total. The zero-order valence-electron chi connectivity index (χ0n) is 19.9. The maximum Gasteiger partial charge on any atom is 0.410 e. The van der Waals surface area contributed by atoms with Crippen molar-refractivity contribution < 1.29 is 9.53 Å². The van der Waals surface area contributed by atoms with Crippen molar-refractivity contribution >= 4 is 23.5 Å². The number of hydrogen-bond donors (Lipinski definition) is 0. The second kappa shape index (κ2) is 7.29. The van der Waals surface area contributed by atoms with Gasteiger partial charge in [0.25, 0.3) is 0 Å². The minimum atomic E-state index is -0.497. The highest BCUT2D eigenvalue weighted by Gasteiger charge is 2.54. The lowest BCUT2D eigenvalue weighted by molar-refractivity contribution is 0.0214. The van der Waals surface area contributed by atoms with Crippen LogP contribution in [-0.2, 0) is 10.2 Å². The molecule has 2 aromatic heterocycles. The van der Waals surface area contributed by atoms with Gasteiger partial charge in [-0.05, 0) is 52.2 Å². The smallest absolute Gasteiger partial charge is 0.410 e. The molecule has 9 heteroatoms. The highest BCUT2D eigenvalue weighted by Crippen LogP contribution is 2.56. The second-order valence-corrected chi connectivity index (χ2v) is 11.0. The Hall–Kier alpha value is -3.41. The van der Waals surface area contributed by atoms with E-state index in [1.807, 2.05) is 31.7 Å². The van der Waals surface area contributed by atoms with E-state index in [1.165, 1.54) is 12.0 Å². The molecule has 2 aromatic rings. The number of pyridine rings is 1. The van der Waals surface area contributed by atoms with Gasteiger partial charge in [-0.1, -0.05) is 6.42 Å². The molecule has 0 radical (unpaired) electrons. The SMILES string of the molecule is CC(C)(C)OC(=O)N1CC2CC1CN2c1ncnc2c1C1(CCC1)CN2c1cc(C#N)ccn1. The van der Waals surface area contributed by atoms with Gasteiger partial charge in [-0.2, -0.15) is 5.26 Å². The van der Waals surface area contributed by atoms with E-state index >= 15 is 0 Å². The number of carbonyl (C=O) groups excluding carboxylic acids is 1. The normalized spacial score (nSPS) is 24.2. The highest BCUT2D eigenvalue weighted by molar-refractivity contribution is 5.76. The third-order valence-corrected chi connectivity index (χ3v) is 7.66. The predicted molar refractivity (Wildman–Crippen MR) is 126 cm³/mol. The molecule has 1 saturated carbocycles. The van der Waals surface area contributed by atoms with E-state index in [-0.39, 0.29) is 23.6 Å². The number of hydrogen-bond acceptors (Lipinski definition) is 8. The number of nitrogens with zero attached hydrogens (tertiary/aromatic N) is 7. The Labute approximate surface area is 199 Å². The lowest BCUT2D eigenvalue weighted by Crippen LogP contribution is -2.51. The number of aromatic nitrogens is 3. The largest absolute Gasteiger partial charge is 0.444 e. The van der Waals surface area contributed by atoms with E-state index in [2.05, 4.69) is 20.9 Å². The Morgan fingerprint density at radius 3 is 2.62 bits per heavy atom. The summed E-state index contributed by atoms with van der Waals surface area (Å²) in [4.78, 5) is 33.2. The Kier molecular flexibility index (Phi) is 4.54. The number of anilines is 3. The van der Waals surface area contributed by atoms with E-state index in [1.54, 1.807) is 18.6 Å². The van der Waals surface area contributed by atoms with Crippen molar-refractivity contribution in [2.75, 3.05) is 29.4 Å². The molecule has 4 aliphatic rings. The van der Waals surface area contributed by atoms with Gasteiger partial charge < -0.3 is 19.4 Å². The number of fused-ring (bicyclic) bond motifs is 4. The predicted octanol–water partition coefficient (Wildman–Crippen LogP) is 3.51. The Balaban J connectivity index is 1.32. The third-order valence-electron chi connectivity index (χ3n) is 7.66. The van der Waals surface area contributed by atoms with Crippen LogP contribution in [0.15, 0.2) is 24.7 Å². The van der Waals surface area contributed by atoms with Gasteiger partial charge >= 0.3 is 6.09 Å². The summed E-state index contributed by atoms with van der Waals surface area (Å²) >= 11 is 0. The number of piperazine rings is 1. The van der Waals surface area contributed by atoms with Gasteiger partial charge in [0.2, 0.25) is 0 Å². The van der Waals surface area contributed by atoms with E-state index in [9.17, 15) is 10.1 Å². The van der Waals surface area contributed by atoms with Crippen LogP contribution in [0.2, 0.25) is 0 Å². The van der Waals surface area contributed by atoms with E-state index in [0.717, 1.165) is 49.8 Å². The fourth-order valence-electron chi connectivity index (χ4n) is 6.03. The minimum Gasteiger partial charge on any atom is -0.444 e. The molecule has 3 fully saturated rings. The summed E-state index contributed by atoms with van der Waals surface area (Å²) in [5, 5.41) is 9.37. The van der Waals surface area contributed by atoms with Gasteiger partial charge in [-0.15, -0.1) is 0 Å². The van der Waals surface area contributed by atoms with Crippen molar-refractivity contribution in [2.24, 2.45) is 0 Å². The molecule has 5 heterocycles.